The Morgan fingerprint density at radius 3 is 2.64 bits per heavy atom. The minimum Gasteiger partial charge on any atom is -0.392 e. The van der Waals surface area contributed by atoms with E-state index in [0.29, 0.717) is 0 Å². The van der Waals surface area contributed by atoms with Gasteiger partial charge in [-0.2, -0.15) is 0 Å². The second kappa shape index (κ2) is 4.52. The van der Waals surface area contributed by atoms with Gasteiger partial charge >= 0.3 is 0 Å². The van der Waals surface area contributed by atoms with Crippen LogP contribution in [0.4, 0.5) is 0 Å². The highest BCUT2D eigenvalue weighted by molar-refractivity contribution is 4.95. The van der Waals surface area contributed by atoms with Gasteiger partial charge in [0.2, 0.25) is 0 Å². The highest BCUT2D eigenvalue weighted by atomic mass is 16.3. The number of aliphatic hydroxyl groups is 1. The highest BCUT2D eigenvalue weighted by Crippen LogP contribution is 2.03. The molecule has 2 heteroatoms. The van der Waals surface area contributed by atoms with Gasteiger partial charge in [-0.05, 0) is 6.42 Å². The number of β-amino-alcohol motifs (C(OH)–C–C–N with tert-alkyl or cyclic N) is 1. The van der Waals surface area contributed by atoms with Crippen LogP contribution in [0.15, 0.2) is 12.2 Å². The lowest BCUT2D eigenvalue weighted by molar-refractivity contribution is 0.119. The van der Waals surface area contributed by atoms with E-state index >= 15 is 0 Å². The Bertz CT molecular complexity index is 126. The summed E-state index contributed by atoms with van der Waals surface area (Å²) in [5.74, 6) is 0. The number of nitrogens with zero attached hydrogens (tertiary/aromatic N) is 1. The summed E-state index contributed by atoms with van der Waals surface area (Å²) in [6, 6.07) is 0. The van der Waals surface area contributed by atoms with Crippen LogP contribution in [0, 0.1) is 0 Å². The van der Waals surface area contributed by atoms with E-state index in [1.54, 1.807) is 0 Å². The number of rotatable bonds is 4. The van der Waals surface area contributed by atoms with Gasteiger partial charge in [0.15, 0.2) is 0 Å². The smallest absolute Gasteiger partial charge is 0.0667 e. The first-order valence-corrected chi connectivity index (χ1v) is 4.38. The Morgan fingerprint density at radius 2 is 2.09 bits per heavy atom. The molecule has 0 bridgehead atoms. The van der Waals surface area contributed by atoms with E-state index in [0.717, 1.165) is 32.5 Å². The second-order valence-corrected chi connectivity index (χ2v) is 3.13. The third-order valence-electron chi connectivity index (χ3n) is 1.98. The average molecular weight is 155 g/mol. The monoisotopic (exact) mass is 155 g/mol. The third kappa shape index (κ3) is 3.04. The van der Waals surface area contributed by atoms with Gasteiger partial charge in [-0.1, -0.05) is 25.5 Å². The van der Waals surface area contributed by atoms with Crippen molar-refractivity contribution in [2.45, 2.75) is 25.9 Å². The van der Waals surface area contributed by atoms with Crippen LogP contribution in [-0.4, -0.2) is 35.7 Å². The molecule has 0 spiro atoms. The van der Waals surface area contributed by atoms with Crippen molar-refractivity contribution in [2.24, 2.45) is 0 Å². The molecule has 1 N–H and O–H groups in total. The summed E-state index contributed by atoms with van der Waals surface area (Å²) in [7, 11) is 0. The zero-order chi connectivity index (χ0) is 8.10. The maximum Gasteiger partial charge on any atom is 0.0667 e. The molecule has 0 aromatic rings. The minimum absolute atomic E-state index is 0.125. The van der Waals surface area contributed by atoms with Gasteiger partial charge in [-0.3, -0.25) is 4.90 Å². The van der Waals surface area contributed by atoms with Gasteiger partial charge in [0.1, 0.15) is 0 Å². The number of aliphatic hydroxyl groups excluding tert-OH is 1. The summed E-state index contributed by atoms with van der Waals surface area (Å²) in [5, 5.41) is 9.44. The van der Waals surface area contributed by atoms with Crippen LogP contribution in [-0.2, 0) is 0 Å². The van der Waals surface area contributed by atoms with Crippen molar-refractivity contribution in [3.05, 3.63) is 12.2 Å². The maximum absolute atomic E-state index is 9.44. The molecule has 1 unspecified atom stereocenters. The number of hydrogen-bond donors (Lipinski definition) is 1. The van der Waals surface area contributed by atoms with Gasteiger partial charge in [0.05, 0.1) is 6.10 Å². The molecule has 0 amide bonds. The minimum atomic E-state index is -0.125. The van der Waals surface area contributed by atoms with Gasteiger partial charge < -0.3 is 5.11 Å². The second-order valence-electron chi connectivity index (χ2n) is 3.13. The standard InChI is InChI=1S/C9H17NO/c1-2-5-9(11)8-10-6-3-4-7-10/h3-4,9,11H,2,5-8H2,1H3. The molecular formula is C9H17NO. The van der Waals surface area contributed by atoms with Crippen molar-refractivity contribution in [3.63, 3.8) is 0 Å². The molecule has 1 rings (SSSR count). The van der Waals surface area contributed by atoms with Crippen molar-refractivity contribution in [1.82, 2.24) is 4.90 Å². The van der Waals surface area contributed by atoms with E-state index in [9.17, 15) is 5.11 Å². The lowest BCUT2D eigenvalue weighted by Gasteiger charge is -2.18. The molecule has 0 saturated heterocycles. The molecular weight excluding hydrogens is 138 g/mol. The first-order valence-electron chi connectivity index (χ1n) is 4.38. The fraction of sp³-hybridized carbons (Fsp3) is 0.778. The lowest BCUT2D eigenvalue weighted by Crippen LogP contribution is -2.30. The highest BCUT2D eigenvalue weighted by Gasteiger charge is 2.10. The van der Waals surface area contributed by atoms with E-state index in [-0.39, 0.29) is 6.10 Å². The molecule has 1 aliphatic rings. The van der Waals surface area contributed by atoms with E-state index in [1.165, 1.54) is 0 Å². The Morgan fingerprint density at radius 1 is 1.45 bits per heavy atom. The van der Waals surface area contributed by atoms with Gasteiger partial charge in [-0.15, -0.1) is 0 Å². The first-order chi connectivity index (χ1) is 5.33. The molecule has 0 saturated carbocycles. The van der Waals surface area contributed by atoms with E-state index in [4.69, 9.17) is 0 Å². The predicted molar refractivity (Wildman–Crippen MR) is 46.5 cm³/mol. The van der Waals surface area contributed by atoms with Crippen LogP contribution < -0.4 is 0 Å². The molecule has 64 valence electrons. The van der Waals surface area contributed by atoms with E-state index in [2.05, 4.69) is 24.0 Å². The molecule has 0 radical (unpaired) electrons. The molecule has 0 aromatic carbocycles. The fourth-order valence-corrected chi connectivity index (χ4v) is 1.39. The van der Waals surface area contributed by atoms with E-state index in [1.807, 2.05) is 0 Å². The Kier molecular flexibility index (Phi) is 3.60. The van der Waals surface area contributed by atoms with Crippen LogP contribution in [0.3, 0.4) is 0 Å². The summed E-state index contributed by atoms with van der Waals surface area (Å²) in [4.78, 5) is 2.25. The first kappa shape index (κ1) is 8.75. The summed E-state index contributed by atoms with van der Waals surface area (Å²) < 4.78 is 0. The quantitative estimate of drug-likeness (QED) is 0.613. The molecule has 1 heterocycles. The topological polar surface area (TPSA) is 23.5 Å². The van der Waals surface area contributed by atoms with Gasteiger partial charge in [0.25, 0.3) is 0 Å². The zero-order valence-electron chi connectivity index (χ0n) is 7.16. The summed E-state index contributed by atoms with van der Waals surface area (Å²) >= 11 is 0. The molecule has 11 heavy (non-hydrogen) atoms. The summed E-state index contributed by atoms with van der Waals surface area (Å²) in [6.07, 6.45) is 6.18. The zero-order valence-corrected chi connectivity index (χ0v) is 7.16. The molecule has 1 atom stereocenters. The van der Waals surface area contributed by atoms with Crippen LogP contribution in [0.5, 0.6) is 0 Å². The summed E-state index contributed by atoms with van der Waals surface area (Å²) in [5.41, 5.74) is 0. The fourth-order valence-electron chi connectivity index (χ4n) is 1.39. The van der Waals surface area contributed by atoms with Crippen molar-refractivity contribution in [3.8, 4) is 0 Å². The Balaban J connectivity index is 2.09. The SMILES string of the molecule is CCCC(O)CN1CC=CC1. The number of hydrogen-bond acceptors (Lipinski definition) is 2. The Labute approximate surface area is 68.5 Å². The lowest BCUT2D eigenvalue weighted by atomic mass is 10.2. The predicted octanol–water partition coefficient (Wildman–Crippen LogP) is 1.02. The normalized spacial score (nSPS) is 20.9. The molecule has 0 aliphatic carbocycles. The van der Waals surface area contributed by atoms with Crippen LogP contribution in [0.1, 0.15) is 19.8 Å². The van der Waals surface area contributed by atoms with Crippen LogP contribution >= 0.6 is 0 Å². The van der Waals surface area contributed by atoms with Crippen LogP contribution in [0.25, 0.3) is 0 Å². The molecule has 2 nitrogen and oxygen atoms in total. The van der Waals surface area contributed by atoms with Crippen molar-refractivity contribution in [2.75, 3.05) is 19.6 Å². The molecule has 0 aromatic heterocycles. The van der Waals surface area contributed by atoms with Crippen molar-refractivity contribution in [1.29, 1.82) is 0 Å². The third-order valence-corrected chi connectivity index (χ3v) is 1.98. The van der Waals surface area contributed by atoms with Crippen molar-refractivity contribution < 1.29 is 5.11 Å². The average Bonchev–Trinajstić information content (AvgIpc) is 2.40. The van der Waals surface area contributed by atoms with Crippen LogP contribution in [0.2, 0.25) is 0 Å². The molecule has 0 fully saturated rings. The largest absolute Gasteiger partial charge is 0.392 e. The van der Waals surface area contributed by atoms with Gasteiger partial charge in [0, 0.05) is 19.6 Å². The van der Waals surface area contributed by atoms with Crippen molar-refractivity contribution >= 4 is 0 Å². The Hall–Kier alpha value is -0.340. The molecule has 1 aliphatic heterocycles. The van der Waals surface area contributed by atoms with Gasteiger partial charge in [-0.25, -0.2) is 0 Å². The summed E-state index contributed by atoms with van der Waals surface area (Å²) in [6.45, 7) is 4.97. The maximum atomic E-state index is 9.44. The van der Waals surface area contributed by atoms with E-state index < -0.39 is 0 Å².